The number of aryl methyl sites for hydroxylation is 1. The minimum absolute atomic E-state index is 0.418. The highest BCUT2D eigenvalue weighted by Crippen LogP contribution is 2.28. The van der Waals surface area contributed by atoms with Gasteiger partial charge in [-0.2, -0.15) is 0 Å². The molecule has 0 unspecified atom stereocenters. The predicted octanol–water partition coefficient (Wildman–Crippen LogP) is 4.04. The van der Waals surface area contributed by atoms with Gasteiger partial charge in [-0.05, 0) is 55.7 Å². The molecular weight excluding hydrogens is 326 g/mol. The molecule has 0 fully saturated rings. The zero-order chi connectivity index (χ0) is 17.1. The summed E-state index contributed by atoms with van der Waals surface area (Å²) in [4.78, 5) is 25.5. The molecule has 2 aromatic rings. The van der Waals surface area contributed by atoms with Crippen LogP contribution in [0.1, 0.15) is 28.8 Å². The number of nitrogens with zero attached hydrogens (tertiary/aromatic N) is 1. The summed E-state index contributed by atoms with van der Waals surface area (Å²) in [6.07, 6.45) is 1.56. The Morgan fingerprint density at radius 1 is 1.08 bits per heavy atom. The van der Waals surface area contributed by atoms with Crippen LogP contribution in [0.4, 0.5) is 5.69 Å². The molecule has 1 aliphatic rings. The maximum Gasteiger partial charge on any atom is 0.299 e. The Bertz CT molecular complexity index is 788. The summed E-state index contributed by atoms with van der Waals surface area (Å²) < 4.78 is 5.69. The number of hydrogen-bond donors (Lipinski definition) is 0. The number of anilines is 1. The maximum atomic E-state index is 12.0. The van der Waals surface area contributed by atoms with E-state index in [-0.39, 0.29) is 0 Å². The fourth-order valence-corrected chi connectivity index (χ4v) is 2.86. The van der Waals surface area contributed by atoms with E-state index in [2.05, 4.69) is 0 Å². The predicted molar refractivity (Wildman–Crippen MR) is 94.0 cm³/mol. The van der Waals surface area contributed by atoms with Gasteiger partial charge in [-0.3, -0.25) is 9.59 Å². The summed E-state index contributed by atoms with van der Waals surface area (Å²) in [5.41, 5.74) is 2.18. The minimum atomic E-state index is -0.439. The topological polar surface area (TPSA) is 46.6 Å². The van der Waals surface area contributed by atoms with Gasteiger partial charge in [-0.25, -0.2) is 0 Å². The van der Waals surface area contributed by atoms with Crippen molar-refractivity contribution in [2.75, 3.05) is 18.1 Å². The van der Waals surface area contributed by atoms with Crippen molar-refractivity contribution in [3.8, 4) is 5.75 Å². The zero-order valence-corrected chi connectivity index (χ0v) is 14.2. The third-order valence-corrected chi connectivity index (χ3v) is 4.48. The molecule has 0 radical (unpaired) electrons. The van der Waals surface area contributed by atoms with E-state index in [1.807, 2.05) is 37.3 Å². The van der Waals surface area contributed by atoms with E-state index < -0.39 is 11.7 Å². The summed E-state index contributed by atoms with van der Waals surface area (Å²) in [5.74, 6) is -0.0707. The summed E-state index contributed by atoms with van der Waals surface area (Å²) in [6.45, 7) is 3.01. The summed E-state index contributed by atoms with van der Waals surface area (Å²) >= 11 is 5.98. The Hall–Kier alpha value is -2.33. The zero-order valence-electron chi connectivity index (χ0n) is 13.4. The average Bonchev–Trinajstić information content (AvgIpc) is 2.83. The second-order valence-corrected chi connectivity index (χ2v) is 6.18. The quantitative estimate of drug-likeness (QED) is 0.587. The highest BCUT2D eigenvalue weighted by molar-refractivity contribution is 6.52. The minimum Gasteiger partial charge on any atom is -0.494 e. The molecule has 0 aromatic heterocycles. The number of hydrogen-bond acceptors (Lipinski definition) is 3. The molecule has 0 spiro atoms. The van der Waals surface area contributed by atoms with Crippen LogP contribution in [0.2, 0.25) is 5.02 Å². The van der Waals surface area contributed by atoms with Crippen molar-refractivity contribution >= 4 is 29.0 Å². The van der Waals surface area contributed by atoms with Crippen molar-refractivity contribution in [2.45, 2.75) is 19.8 Å². The number of rotatable bonds is 6. The summed E-state index contributed by atoms with van der Waals surface area (Å²) in [7, 11) is 0. The number of Topliss-reactive ketones (excluding diaryl/α,β-unsaturated/α-hetero) is 1. The van der Waals surface area contributed by atoms with Crippen molar-refractivity contribution in [2.24, 2.45) is 0 Å². The summed E-state index contributed by atoms with van der Waals surface area (Å²) in [5, 5.41) is 0.721. The monoisotopic (exact) mass is 343 g/mol. The van der Waals surface area contributed by atoms with Crippen LogP contribution < -0.4 is 9.64 Å². The number of fused-ring (bicyclic) bond motifs is 1. The van der Waals surface area contributed by atoms with Crippen molar-refractivity contribution in [1.82, 2.24) is 0 Å². The largest absolute Gasteiger partial charge is 0.494 e. The van der Waals surface area contributed by atoms with Crippen LogP contribution in [0, 0.1) is 6.92 Å². The van der Waals surface area contributed by atoms with E-state index in [0.717, 1.165) is 29.2 Å². The molecule has 124 valence electrons. The number of carbonyl (C=O) groups excluding carboxylic acids is 2. The van der Waals surface area contributed by atoms with Gasteiger partial charge in [0.1, 0.15) is 5.75 Å². The van der Waals surface area contributed by atoms with E-state index in [4.69, 9.17) is 16.3 Å². The third-order valence-electron chi connectivity index (χ3n) is 4.05. The van der Waals surface area contributed by atoms with Crippen LogP contribution in [0.3, 0.4) is 0 Å². The molecule has 24 heavy (non-hydrogen) atoms. The Morgan fingerprint density at radius 3 is 2.67 bits per heavy atom. The first-order valence-electron chi connectivity index (χ1n) is 7.92. The van der Waals surface area contributed by atoms with Crippen molar-refractivity contribution in [3.05, 3.63) is 58.6 Å². The fourth-order valence-electron chi connectivity index (χ4n) is 2.74. The number of carbonyl (C=O) groups is 2. The average molecular weight is 344 g/mol. The van der Waals surface area contributed by atoms with Crippen molar-refractivity contribution < 1.29 is 14.3 Å². The molecule has 2 aromatic carbocycles. The molecule has 0 saturated carbocycles. The summed E-state index contributed by atoms with van der Waals surface area (Å²) in [6, 6.07) is 12.7. The van der Waals surface area contributed by atoms with Gasteiger partial charge in [0.2, 0.25) is 0 Å². The lowest BCUT2D eigenvalue weighted by molar-refractivity contribution is -0.114. The Morgan fingerprint density at radius 2 is 1.88 bits per heavy atom. The van der Waals surface area contributed by atoms with E-state index >= 15 is 0 Å². The maximum absolute atomic E-state index is 12.0. The molecule has 1 heterocycles. The standard InChI is InChI=1S/C19H18ClNO3/c1-13-12-14(8-9-16(13)20)24-11-5-4-10-21-17-7-3-2-6-15(17)18(22)19(21)23/h2-3,6-9,12H,4-5,10-11H2,1H3. The number of unbranched alkanes of at least 4 members (excludes halogenated alkanes) is 1. The number of ether oxygens (including phenoxy) is 1. The molecule has 1 amide bonds. The van der Waals surface area contributed by atoms with Gasteiger partial charge in [0.05, 0.1) is 17.9 Å². The number of benzene rings is 2. The highest BCUT2D eigenvalue weighted by atomic mass is 35.5. The highest BCUT2D eigenvalue weighted by Gasteiger charge is 2.34. The van der Waals surface area contributed by atoms with Gasteiger partial charge in [-0.1, -0.05) is 23.7 Å². The fraction of sp³-hybridized carbons (Fsp3) is 0.263. The molecule has 0 N–H and O–H groups in total. The van der Waals surface area contributed by atoms with E-state index in [9.17, 15) is 9.59 Å². The van der Waals surface area contributed by atoms with Gasteiger partial charge < -0.3 is 9.64 Å². The molecular formula is C19H18ClNO3. The smallest absolute Gasteiger partial charge is 0.299 e. The molecule has 4 nitrogen and oxygen atoms in total. The third kappa shape index (κ3) is 3.29. The van der Waals surface area contributed by atoms with E-state index in [1.54, 1.807) is 17.0 Å². The van der Waals surface area contributed by atoms with Crippen LogP contribution >= 0.6 is 11.6 Å². The lowest BCUT2D eigenvalue weighted by atomic mass is 10.1. The van der Waals surface area contributed by atoms with Crippen LogP contribution in [0.25, 0.3) is 0 Å². The van der Waals surface area contributed by atoms with E-state index in [1.165, 1.54) is 0 Å². The number of para-hydroxylation sites is 1. The number of amides is 1. The van der Waals surface area contributed by atoms with Crippen LogP contribution in [-0.4, -0.2) is 24.8 Å². The lowest BCUT2D eigenvalue weighted by Gasteiger charge is -2.16. The number of halogens is 1. The van der Waals surface area contributed by atoms with Crippen LogP contribution in [0.5, 0.6) is 5.75 Å². The first kappa shape index (κ1) is 16.5. The normalized spacial score (nSPS) is 13.3. The van der Waals surface area contributed by atoms with Crippen LogP contribution in [0.15, 0.2) is 42.5 Å². The second-order valence-electron chi connectivity index (χ2n) is 5.77. The molecule has 1 aliphatic heterocycles. The second kappa shape index (κ2) is 7.05. The first-order chi connectivity index (χ1) is 11.6. The number of ketones is 1. The molecule has 5 heteroatoms. The first-order valence-corrected chi connectivity index (χ1v) is 8.30. The van der Waals surface area contributed by atoms with Crippen molar-refractivity contribution in [3.63, 3.8) is 0 Å². The molecule has 0 aliphatic carbocycles. The van der Waals surface area contributed by atoms with Gasteiger partial charge in [0.25, 0.3) is 11.7 Å². The van der Waals surface area contributed by atoms with E-state index in [0.29, 0.717) is 24.4 Å². The molecule has 0 atom stereocenters. The Balaban J connectivity index is 1.49. The molecule has 0 bridgehead atoms. The van der Waals surface area contributed by atoms with Crippen LogP contribution in [-0.2, 0) is 4.79 Å². The lowest BCUT2D eigenvalue weighted by Crippen LogP contribution is -2.30. The van der Waals surface area contributed by atoms with Crippen molar-refractivity contribution in [1.29, 1.82) is 0 Å². The SMILES string of the molecule is Cc1cc(OCCCCN2C(=O)C(=O)c3ccccc32)ccc1Cl. The van der Waals surface area contributed by atoms with Gasteiger partial charge in [0, 0.05) is 11.6 Å². The Kier molecular flexibility index (Phi) is 4.86. The Labute approximate surface area is 146 Å². The van der Waals surface area contributed by atoms with Gasteiger partial charge >= 0.3 is 0 Å². The molecule has 3 rings (SSSR count). The molecule has 0 saturated heterocycles. The van der Waals surface area contributed by atoms with Gasteiger partial charge in [0.15, 0.2) is 0 Å². The van der Waals surface area contributed by atoms with Gasteiger partial charge in [-0.15, -0.1) is 0 Å².